The van der Waals surface area contributed by atoms with E-state index in [4.69, 9.17) is 4.74 Å². The highest BCUT2D eigenvalue weighted by Gasteiger charge is 2.25. The highest BCUT2D eigenvalue weighted by atomic mass is 79.9. The molecular weight excluding hydrogens is 302 g/mol. The van der Waals surface area contributed by atoms with E-state index < -0.39 is 0 Å². The Balaban J connectivity index is 1.61. The summed E-state index contributed by atoms with van der Waals surface area (Å²) in [7, 11) is 0. The lowest BCUT2D eigenvalue weighted by Gasteiger charge is -2.34. The Labute approximate surface area is 124 Å². The third-order valence-electron chi connectivity index (χ3n) is 4.31. The maximum absolute atomic E-state index is 5.77. The molecule has 2 aliphatic heterocycles. The molecular formula is C16H22BrNO. The Hall–Kier alpha value is -0.380. The van der Waals surface area contributed by atoms with Gasteiger partial charge in [0, 0.05) is 24.2 Å². The van der Waals surface area contributed by atoms with E-state index in [2.05, 4.69) is 45.1 Å². The molecule has 1 aromatic carbocycles. The molecule has 0 bridgehead atoms. The summed E-state index contributed by atoms with van der Waals surface area (Å²) in [5, 5.41) is 0. The lowest BCUT2D eigenvalue weighted by Crippen LogP contribution is -2.39. The zero-order chi connectivity index (χ0) is 13.1. The molecule has 2 atom stereocenters. The van der Waals surface area contributed by atoms with Crippen LogP contribution in [0.1, 0.15) is 37.2 Å². The first-order chi connectivity index (χ1) is 9.31. The predicted molar refractivity (Wildman–Crippen MR) is 81.5 cm³/mol. The third kappa shape index (κ3) is 3.59. The number of halogens is 1. The summed E-state index contributed by atoms with van der Waals surface area (Å²) in [4.78, 5) is 2.60. The molecule has 19 heavy (non-hydrogen) atoms. The topological polar surface area (TPSA) is 12.5 Å². The third-order valence-corrected chi connectivity index (χ3v) is 4.80. The normalized spacial score (nSPS) is 28.7. The molecule has 2 heterocycles. The molecule has 3 rings (SSSR count). The van der Waals surface area contributed by atoms with Gasteiger partial charge in [-0.15, -0.1) is 0 Å². The van der Waals surface area contributed by atoms with Gasteiger partial charge in [0.2, 0.25) is 0 Å². The number of piperidine rings is 1. The van der Waals surface area contributed by atoms with E-state index in [1.165, 1.54) is 48.8 Å². The quantitative estimate of drug-likeness (QED) is 0.838. The summed E-state index contributed by atoms with van der Waals surface area (Å²) in [5.74, 6) is 0.688. The molecule has 2 unspecified atom stereocenters. The smallest absolute Gasteiger partial charge is 0.0702 e. The molecule has 0 aliphatic carbocycles. The molecule has 2 aliphatic rings. The van der Waals surface area contributed by atoms with Crippen LogP contribution in [0.2, 0.25) is 0 Å². The van der Waals surface area contributed by atoms with Crippen LogP contribution in [0.3, 0.4) is 0 Å². The van der Waals surface area contributed by atoms with Gasteiger partial charge < -0.3 is 9.64 Å². The first-order valence-corrected chi connectivity index (χ1v) is 8.20. The number of benzene rings is 1. The van der Waals surface area contributed by atoms with Gasteiger partial charge in [-0.25, -0.2) is 0 Å². The van der Waals surface area contributed by atoms with Crippen LogP contribution in [0.25, 0.3) is 0 Å². The van der Waals surface area contributed by atoms with Crippen molar-refractivity contribution in [3.8, 4) is 0 Å². The minimum atomic E-state index is 0.487. The maximum Gasteiger partial charge on any atom is 0.0702 e. The highest BCUT2D eigenvalue weighted by Crippen LogP contribution is 2.29. The fraction of sp³-hybridized carbons (Fsp3) is 0.625. The lowest BCUT2D eigenvalue weighted by molar-refractivity contribution is 0.0632. The van der Waals surface area contributed by atoms with Crippen LogP contribution in [0.15, 0.2) is 28.7 Å². The van der Waals surface area contributed by atoms with Crippen molar-refractivity contribution >= 4 is 15.9 Å². The van der Waals surface area contributed by atoms with E-state index in [0.29, 0.717) is 12.0 Å². The minimum Gasteiger partial charge on any atom is -0.377 e. The van der Waals surface area contributed by atoms with Gasteiger partial charge in [-0.05, 0) is 55.8 Å². The van der Waals surface area contributed by atoms with E-state index in [9.17, 15) is 0 Å². The monoisotopic (exact) mass is 323 g/mol. The molecule has 0 spiro atoms. The van der Waals surface area contributed by atoms with E-state index in [1.807, 2.05) is 0 Å². The fourth-order valence-electron chi connectivity index (χ4n) is 3.33. The first kappa shape index (κ1) is 13.6. The van der Waals surface area contributed by atoms with Crippen molar-refractivity contribution in [1.82, 2.24) is 4.90 Å². The minimum absolute atomic E-state index is 0.487. The first-order valence-electron chi connectivity index (χ1n) is 7.41. The Morgan fingerprint density at radius 3 is 3.00 bits per heavy atom. The second-order valence-corrected chi connectivity index (χ2v) is 6.70. The molecule has 2 saturated heterocycles. The van der Waals surface area contributed by atoms with Crippen LogP contribution in [-0.4, -0.2) is 37.2 Å². The van der Waals surface area contributed by atoms with Gasteiger partial charge in [0.25, 0.3) is 0 Å². The number of rotatable bonds is 3. The van der Waals surface area contributed by atoms with Crippen LogP contribution >= 0.6 is 15.9 Å². The van der Waals surface area contributed by atoms with Gasteiger partial charge in [0.05, 0.1) is 6.10 Å². The SMILES string of the molecule is Brc1cccc(C2CCCN(CC3CCCO3)C2)c1. The lowest BCUT2D eigenvalue weighted by atomic mass is 9.90. The van der Waals surface area contributed by atoms with Gasteiger partial charge in [-0.2, -0.15) is 0 Å². The molecule has 0 aromatic heterocycles. The average molecular weight is 324 g/mol. The molecule has 2 fully saturated rings. The van der Waals surface area contributed by atoms with Crippen molar-refractivity contribution in [2.75, 3.05) is 26.2 Å². The molecule has 0 radical (unpaired) electrons. The van der Waals surface area contributed by atoms with Gasteiger partial charge in [-0.1, -0.05) is 28.1 Å². The highest BCUT2D eigenvalue weighted by molar-refractivity contribution is 9.10. The van der Waals surface area contributed by atoms with Crippen molar-refractivity contribution in [2.45, 2.75) is 37.7 Å². The zero-order valence-electron chi connectivity index (χ0n) is 11.4. The van der Waals surface area contributed by atoms with Gasteiger partial charge in [0.1, 0.15) is 0 Å². The fourth-order valence-corrected chi connectivity index (χ4v) is 3.75. The summed E-state index contributed by atoms with van der Waals surface area (Å²) in [6.07, 6.45) is 5.61. The number of hydrogen-bond acceptors (Lipinski definition) is 2. The summed E-state index contributed by atoms with van der Waals surface area (Å²) in [6.45, 7) is 4.53. The largest absolute Gasteiger partial charge is 0.377 e. The summed E-state index contributed by atoms with van der Waals surface area (Å²) < 4.78 is 6.96. The summed E-state index contributed by atoms with van der Waals surface area (Å²) in [5.41, 5.74) is 1.48. The predicted octanol–water partition coefficient (Wildman–Crippen LogP) is 3.81. The second kappa shape index (κ2) is 6.38. The molecule has 0 amide bonds. The summed E-state index contributed by atoms with van der Waals surface area (Å²) >= 11 is 3.58. The van der Waals surface area contributed by atoms with Gasteiger partial charge >= 0.3 is 0 Å². The van der Waals surface area contributed by atoms with Crippen LogP contribution in [-0.2, 0) is 4.74 Å². The molecule has 3 heteroatoms. The van der Waals surface area contributed by atoms with E-state index >= 15 is 0 Å². The van der Waals surface area contributed by atoms with Gasteiger partial charge in [-0.3, -0.25) is 0 Å². The van der Waals surface area contributed by atoms with Crippen LogP contribution in [0, 0.1) is 0 Å². The Bertz CT molecular complexity index is 417. The number of likely N-dealkylation sites (tertiary alicyclic amines) is 1. The Kier molecular flexibility index (Phi) is 4.57. The molecule has 104 valence electrons. The number of nitrogens with zero attached hydrogens (tertiary/aromatic N) is 1. The molecule has 0 N–H and O–H groups in total. The van der Waals surface area contributed by atoms with E-state index in [1.54, 1.807) is 0 Å². The Morgan fingerprint density at radius 2 is 2.21 bits per heavy atom. The van der Waals surface area contributed by atoms with Crippen LogP contribution in [0.4, 0.5) is 0 Å². The van der Waals surface area contributed by atoms with Crippen molar-refractivity contribution in [2.24, 2.45) is 0 Å². The van der Waals surface area contributed by atoms with E-state index in [0.717, 1.165) is 13.2 Å². The van der Waals surface area contributed by atoms with Gasteiger partial charge in [0.15, 0.2) is 0 Å². The van der Waals surface area contributed by atoms with E-state index in [-0.39, 0.29) is 0 Å². The van der Waals surface area contributed by atoms with Crippen molar-refractivity contribution in [3.05, 3.63) is 34.3 Å². The van der Waals surface area contributed by atoms with Crippen molar-refractivity contribution < 1.29 is 4.74 Å². The zero-order valence-corrected chi connectivity index (χ0v) is 12.9. The molecule has 2 nitrogen and oxygen atoms in total. The second-order valence-electron chi connectivity index (χ2n) is 5.79. The summed E-state index contributed by atoms with van der Waals surface area (Å²) in [6, 6.07) is 8.81. The standard InChI is InChI=1S/C16H22BrNO/c17-15-6-1-4-13(10-15)14-5-2-8-18(11-14)12-16-7-3-9-19-16/h1,4,6,10,14,16H,2-3,5,7-9,11-12H2. The Morgan fingerprint density at radius 1 is 1.26 bits per heavy atom. The average Bonchev–Trinajstić information content (AvgIpc) is 2.92. The maximum atomic E-state index is 5.77. The molecule has 0 saturated carbocycles. The number of hydrogen-bond donors (Lipinski definition) is 0. The number of ether oxygens (including phenoxy) is 1. The molecule has 1 aromatic rings. The van der Waals surface area contributed by atoms with Crippen LogP contribution < -0.4 is 0 Å². The van der Waals surface area contributed by atoms with Crippen molar-refractivity contribution in [3.63, 3.8) is 0 Å². The van der Waals surface area contributed by atoms with Crippen LogP contribution in [0.5, 0.6) is 0 Å². The van der Waals surface area contributed by atoms with Crippen molar-refractivity contribution in [1.29, 1.82) is 0 Å².